The molecule has 0 bridgehead atoms. The van der Waals surface area contributed by atoms with Crippen LogP contribution >= 0.6 is 0 Å². The normalized spacial score (nSPS) is 27.9. The van der Waals surface area contributed by atoms with Gasteiger partial charge in [-0.25, -0.2) is 0 Å². The van der Waals surface area contributed by atoms with Crippen LogP contribution in [0.3, 0.4) is 0 Å². The molecule has 2 rings (SSSR count). The first-order chi connectivity index (χ1) is 10.8. The second-order valence-electron chi connectivity index (χ2n) is 7.83. The quantitative estimate of drug-likeness (QED) is 0.828. The van der Waals surface area contributed by atoms with Crippen molar-refractivity contribution in [3.63, 3.8) is 0 Å². The monoisotopic (exact) mass is 326 g/mol. The lowest BCUT2D eigenvalue weighted by Gasteiger charge is -2.40. The first-order valence-electron chi connectivity index (χ1n) is 8.57. The van der Waals surface area contributed by atoms with Gasteiger partial charge in [0, 0.05) is 25.6 Å². The highest BCUT2D eigenvalue weighted by Crippen LogP contribution is 2.39. The molecule has 1 saturated heterocycles. The molecular weight excluding hydrogens is 296 g/mol. The van der Waals surface area contributed by atoms with Crippen molar-refractivity contribution in [2.75, 3.05) is 39.8 Å². The van der Waals surface area contributed by atoms with Gasteiger partial charge in [-0.2, -0.15) is 0 Å². The number of carbonyl (C=O) groups is 2. The van der Waals surface area contributed by atoms with E-state index >= 15 is 0 Å². The average Bonchev–Trinajstić information content (AvgIpc) is 2.44. The van der Waals surface area contributed by atoms with Crippen LogP contribution < -0.4 is 0 Å². The van der Waals surface area contributed by atoms with Crippen LogP contribution in [0.2, 0.25) is 0 Å². The predicted molar refractivity (Wildman–Crippen MR) is 87.2 cm³/mol. The Morgan fingerprint density at radius 1 is 1.39 bits per heavy atom. The molecule has 6 heteroatoms. The van der Waals surface area contributed by atoms with Crippen LogP contribution in [0.25, 0.3) is 0 Å². The Labute approximate surface area is 138 Å². The molecule has 0 aromatic heterocycles. The first-order valence-corrected chi connectivity index (χ1v) is 8.57. The van der Waals surface area contributed by atoms with Crippen molar-refractivity contribution in [1.82, 2.24) is 9.80 Å². The van der Waals surface area contributed by atoms with Gasteiger partial charge in [-0.3, -0.25) is 14.5 Å². The number of ether oxygens (including phenoxy) is 1. The number of nitrogens with zero attached hydrogens (tertiary/aromatic N) is 2. The minimum Gasteiger partial charge on any atom is -0.480 e. The number of hydrogen-bond donors (Lipinski definition) is 1. The fourth-order valence-corrected chi connectivity index (χ4v) is 3.84. The molecule has 0 radical (unpaired) electrons. The van der Waals surface area contributed by atoms with Crippen LogP contribution in [0.4, 0.5) is 0 Å². The van der Waals surface area contributed by atoms with E-state index in [-0.39, 0.29) is 29.9 Å². The van der Waals surface area contributed by atoms with Gasteiger partial charge in [0.1, 0.15) is 0 Å². The second-order valence-corrected chi connectivity index (χ2v) is 7.83. The molecule has 1 heterocycles. The molecule has 6 nitrogen and oxygen atoms in total. The molecule has 23 heavy (non-hydrogen) atoms. The van der Waals surface area contributed by atoms with Crippen molar-refractivity contribution in [1.29, 1.82) is 0 Å². The Morgan fingerprint density at radius 2 is 2.13 bits per heavy atom. The molecule has 1 saturated carbocycles. The van der Waals surface area contributed by atoms with Crippen molar-refractivity contribution in [3.8, 4) is 0 Å². The summed E-state index contributed by atoms with van der Waals surface area (Å²) in [6.45, 7) is 6.77. The van der Waals surface area contributed by atoms with Gasteiger partial charge in [-0.1, -0.05) is 20.3 Å². The van der Waals surface area contributed by atoms with Gasteiger partial charge in [0.25, 0.3) is 0 Å². The molecule has 1 N–H and O–H groups in total. The smallest absolute Gasteiger partial charge is 0.317 e. The Morgan fingerprint density at radius 3 is 2.78 bits per heavy atom. The van der Waals surface area contributed by atoms with E-state index in [9.17, 15) is 9.59 Å². The lowest BCUT2D eigenvalue weighted by molar-refractivity contribution is -0.147. The van der Waals surface area contributed by atoms with Crippen LogP contribution in [0.15, 0.2) is 0 Å². The number of aliphatic carboxylic acids is 1. The molecule has 1 amide bonds. The molecule has 132 valence electrons. The molecular formula is C17H30N2O4. The van der Waals surface area contributed by atoms with E-state index < -0.39 is 5.97 Å². The van der Waals surface area contributed by atoms with Gasteiger partial charge in [0.2, 0.25) is 5.91 Å². The Hall–Kier alpha value is -1.14. The fourth-order valence-electron chi connectivity index (χ4n) is 3.84. The third kappa shape index (κ3) is 5.46. The maximum absolute atomic E-state index is 12.8. The maximum atomic E-state index is 12.8. The van der Waals surface area contributed by atoms with E-state index in [1.54, 1.807) is 11.9 Å². The summed E-state index contributed by atoms with van der Waals surface area (Å²) >= 11 is 0. The Bertz CT molecular complexity index is 438. The van der Waals surface area contributed by atoms with Gasteiger partial charge in [-0.05, 0) is 31.7 Å². The van der Waals surface area contributed by atoms with Crippen LogP contribution in [-0.4, -0.2) is 72.7 Å². The molecule has 1 aliphatic heterocycles. The maximum Gasteiger partial charge on any atom is 0.317 e. The van der Waals surface area contributed by atoms with E-state index in [2.05, 4.69) is 13.8 Å². The number of carbonyl (C=O) groups excluding carboxylic acids is 1. The fraction of sp³-hybridized carbons (Fsp3) is 0.882. The van der Waals surface area contributed by atoms with Crippen LogP contribution in [-0.2, 0) is 14.3 Å². The van der Waals surface area contributed by atoms with E-state index in [4.69, 9.17) is 9.84 Å². The summed E-state index contributed by atoms with van der Waals surface area (Å²) in [7, 11) is 1.77. The van der Waals surface area contributed by atoms with Gasteiger partial charge in [-0.15, -0.1) is 0 Å². The number of rotatable bonds is 5. The molecule has 0 aromatic carbocycles. The highest BCUT2D eigenvalue weighted by atomic mass is 16.5. The van der Waals surface area contributed by atoms with E-state index in [1.807, 2.05) is 4.90 Å². The lowest BCUT2D eigenvalue weighted by atomic mass is 9.72. The highest BCUT2D eigenvalue weighted by Gasteiger charge is 2.35. The summed E-state index contributed by atoms with van der Waals surface area (Å²) in [5.74, 6) is -0.457. The zero-order valence-electron chi connectivity index (χ0n) is 14.6. The summed E-state index contributed by atoms with van der Waals surface area (Å²) in [5.41, 5.74) is 0.256. The molecule has 1 aliphatic carbocycles. The van der Waals surface area contributed by atoms with E-state index in [0.717, 1.165) is 19.3 Å². The SMILES string of the molecule is CN(CC(=O)O)CC1CN(C(=O)C2CCCC(C)(C)C2)CCO1. The van der Waals surface area contributed by atoms with Crippen LogP contribution in [0.5, 0.6) is 0 Å². The minimum atomic E-state index is -0.847. The molecule has 2 atom stereocenters. The van der Waals surface area contributed by atoms with Gasteiger partial charge in [0.05, 0.1) is 19.3 Å². The zero-order valence-corrected chi connectivity index (χ0v) is 14.6. The lowest BCUT2D eigenvalue weighted by Crippen LogP contribution is -2.51. The predicted octanol–water partition coefficient (Wildman–Crippen LogP) is 1.45. The molecule has 2 fully saturated rings. The van der Waals surface area contributed by atoms with E-state index in [0.29, 0.717) is 26.2 Å². The van der Waals surface area contributed by atoms with Crippen molar-refractivity contribution >= 4 is 11.9 Å². The zero-order chi connectivity index (χ0) is 17.0. The first kappa shape index (κ1) is 18.2. The molecule has 2 aliphatic rings. The number of likely N-dealkylation sites (N-methyl/N-ethyl adjacent to an activating group) is 1. The summed E-state index contributed by atoms with van der Waals surface area (Å²) in [5, 5.41) is 8.83. The molecule has 2 unspecified atom stereocenters. The van der Waals surface area contributed by atoms with Crippen molar-refractivity contribution in [2.45, 2.75) is 45.6 Å². The van der Waals surface area contributed by atoms with Crippen molar-refractivity contribution in [2.24, 2.45) is 11.3 Å². The van der Waals surface area contributed by atoms with Gasteiger partial charge < -0.3 is 14.7 Å². The van der Waals surface area contributed by atoms with Crippen molar-refractivity contribution in [3.05, 3.63) is 0 Å². The summed E-state index contributed by atoms with van der Waals surface area (Å²) in [6.07, 6.45) is 4.17. The van der Waals surface area contributed by atoms with Crippen molar-refractivity contribution < 1.29 is 19.4 Å². The average molecular weight is 326 g/mol. The summed E-state index contributed by atoms with van der Waals surface area (Å²) < 4.78 is 5.71. The molecule has 0 aromatic rings. The standard InChI is InChI=1S/C17H30N2O4/c1-17(2)6-4-5-13(9-17)16(22)19-7-8-23-14(11-19)10-18(3)12-15(20)21/h13-14H,4-12H2,1-3H3,(H,20,21). The number of carboxylic acids is 1. The minimum absolute atomic E-state index is 0.00930. The van der Waals surface area contributed by atoms with Crippen LogP contribution in [0.1, 0.15) is 39.5 Å². The van der Waals surface area contributed by atoms with Crippen LogP contribution in [0, 0.1) is 11.3 Å². The molecule has 0 spiro atoms. The number of hydrogen-bond acceptors (Lipinski definition) is 4. The van der Waals surface area contributed by atoms with E-state index in [1.165, 1.54) is 6.42 Å². The summed E-state index contributed by atoms with van der Waals surface area (Å²) in [6, 6.07) is 0. The topological polar surface area (TPSA) is 70.1 Å². The number of morpholine rings is 1. The Kier molecular flexibility index (Phi) is 6.03. The summed E-state index contributed by atoms with van der Waals surface area (Å²) in [4.78, 5) is 27.2. The third-order valence-electron chi connectivity index (χ3n) is 4.93. The Balaban J connectivity index is 1.87. The third-order valence-corrected chi connectivity index (χ3v) is 4.93. The highest BCUT2D eigenvalue weighted by molar-refractivity contribution is 5.79. The number of amides is 1. The number of carboxylic acid groups (broad SMARTS) is 1. The van der Waals surface area contributed by atoms with Gasteiger partial charge >= 0.3 is 5.97 Å². The van der Waals surface area contributed by atoms with Gasteiger partial charge in [0.15, 0.2) is 0 Å². The largest absolute Gasteiger partial charge is 0.480 e. The second kappa shape index (κ2) is 7.62.